The molecule has 14 heavy (non-hydrogen) atoms. The van der Waals surface area contributed by atoms with Crippen LogP contribution in [-0.4, -0.2) is 26.2 Å². The topological polar surface area (TPSA) is 29.3 Å². The van der Waals surface area contributed by atoms with Gasteiger partial charge in [-0.3, -0.25) is 0 Å². The van der Waals surface area contributed by atoms with E-state index >= 15 is 0 Å². The second-order valence-corrected chi connectivity index (χ2v) is 8.26. The van der Waals surface area contributed by atoms with Crippen LogP contribution in [0.4, 0.5) is 0 Å². The number of alkyl halides is 1. The fourth-order valence-electron chi connectivity index (χ4n) is 2.31. The van der Waals surface area contributed by atoms with Gasteiger partial charge in [-0.2, -0.15) is 0 Å². The molecular weight excluding hydrogens is 287 g/mol. The van der Waals surface area contributed by atoms with Gasteiger partial charge in [-0.05, 0) is 0 Å². The van der Waals surface area contributed by atoms with E-state index in [4.69, 9.17) is 5.73 Å². The molecule has 1 heterocycles. The van der Waals surface area contributed by atoms with E-state index in [9.17, 15) is 0 Å². The minimum absolute atomic E-state index is 0.341. The summed E-state index contributed by atoms with van der Waals surface area (Å²) in [7, 11) is 0. The molecule has 2 rings (SSSR count). The van der Waals surface area contributed by atoms with Crippen molar-refractivity contribution in [3.8, 4) is 0 Å². The van der Waals surface area contributed by atoms with Crippen molar-refractivity contribution in [2.75, 3.05) is 13.1 Å². The number of rotatable bonds is 2. The van der Waals surface area contributed by atoms with Crippen molar-refractivity contribution in [3.63, 3.8) is 0 Å². The molecule has 1 saturated heterocycles. The molecule has 0 unspecified atom stereocenters. The van der Waals surface area contributed by atoms with Gasteiger partial charge in [0.05, 0.1) is 0 Å². The second-order valence-electron chi connectivity index (χ2n) is 4.58. The fourth-order valence-corrected chi connectivity index (χ4v) is 5.98. The predicted molar refractivity (Wildman–Crippen MR) is 55.7 cm³/mol. The molecule has 84 valence electrons. The molecule has 0 atom stereocenters. The molecule has 0 radical (unpaired) electrons. The van der Waals surface area contributed by atoms with Crippen LogP contribution >= 0.6 is 0 Å². The predicted octanol–water partition coefficient (Wildman–Crippen LogP) is -1.25. The van der Waals surface area contributed by atoms with Crippen LogP contribution in [0.25, 0.3) is 0 Å². The standard InChI is InChI=1S/C11H22IN2/c13-11-6-8-14(9-7-11)12-10-4-2-1-3-5-10/h10-11H,1-9,13H2/q-1. The van der Waals surface area contributed by atoms with Gasteiger partial charge in [0.1, 0.15) is 0 Å². The zero-order valence-electron chi connectivity index (χ0n) is 8.92. The van der Waals surface area contributed by atoms with E-state index in [1.807, 2.05) is 0 Å². The van der Waals surface area contributed by atoms with Crippen molar-refractivity contribution >= 4 is 0 Å². The van der Waals surface area contributed by atoms with Gasteiger partial charge in [-0.25, -0.2) is 0 Å². The summed E-state index contributed by atoms with van der Waals surface area (Å²) in [5, 5.41) is 0. The van der Waals surface area contributed by atoms with Crippen molar-refractivity contribution in [1.82, 2.24) is 3.11 Å². The number of piperidine rings is 1. The molecular formula is C11H22IN2-. The van der Waals surface area contributed by atoms with E-state index in [2.05, 4.69) is 3.11 Å². The summed E-state index contributed by atoms with van der Waals surface area (Å²) in [5.41, 5.74) is 5.92. The first-order chi connectivity index (χ1) is 6.84. The Labute approximate surface area is 98.2 Å². The van der Waals surface area contributed by atoms with E-state index in [1.54, 1.807) is 0 Å². The number of hydrogen-bond acceptors (Lipinski definition) is 2. The van der Waals surface area contributed by atoms with E-state index in [1.165, 1.54) is 58.0 Å². The van der Waals surface area contributed by atoms with Gasteiger partial charge in [-0.1, -0.05) is 0 Å². The SMILES string of the molecule is NC1CCN([I-]C2CCCCC2)CC1. The van der Waals surface area contributed by atoms with Crippen molar-refractivity contribution in [3.05, 3.63) is 0 Å². The first-order valence-electron chi connectivity index (χ1n) is 5.99. The van der Waals surface area contributed by atoms with Crippen molar-refractivity contribution < 1.29 is 21.5 Å². The molecule has 1 aliphatic heterocycles. The first-order valence-corrected chi connectivity index (χ1v) is 8.20. The zero-order valence-corrected chi connectivity index (χ0v) is 11.1. The van der Waals surface area contributed by atoms with Gasteiger partial charge >= 0.3 is 98.3 Å². The molecule has 0 spiro atoms. The number of nitrogens with zero attached hydrogens (tertiary/aromatic N) is 1. The van der Waals surface area contributed by atoms with Crippen LogP contribution in [-0.2, 0) is 0 Å². The van der Waals surface area contributed by atoms with Crippen LogP contribution in [0.1, 0.15) is 44.9 Å². The molecule has 3 heteroatoms. The summed E-state index contributed by atoms with van der Waals surface area (Å²) in [4.78, 5) is 0. The Morgan fingerprint density at radius 2 is 1.57 bits per heavy atom. The number of halogens is 1. The van der Waals surface area contributed by atoms with Crippen LogP contribution in [0.5, 0.6) is 0 Å². The third-order valence-corrected chi connectivity index (χ3v) is 7.08. The summed E-state index contributed by atoms with van der Waals surface area (Å²) in [5.74, 6) is 0. The van der Waals surface area contributed by atoms with Gasteiger partial charge in [0.2, 0.25) is 0 Å². The third-order valence-electron chi connectivity index (χ3n) is 3.30. The minimum atomic E-state index is 0.341. The zero-order chi connectivity index (χ0) is 9.80. The molecule has 2 aliphatic rings. The Hall–Kier alpha value is 0.650. The number of nitrogens with two attached hydrogens (primary N) is 1. The Morgan fingerprint density at radius 1 is 0.929 bits per heavy atom. The van der Waals surface area contributed by atoms with Crippen LogP contribution in [0.3, 0.4) is 0 Å². The Kier molecular flexibility index (Phi) is 4.50. The van der Waals surface area contributed by atoms with E-state index in [0.717, 1.165) is 3.92 Å². The van der Waals surface area contributed by atoms with Crippen LogP contribution in [0.2, 0.25) is 0 Å². The van der Waals surface area contributed by atoms with Crippen molar-refractivity contribution in [2.24, 2.45) is 5.73 Å². The average molecular weight is 309 g/mol. The average Bonchev–Trinajstić information content (AvgIpc) is 2.23. The molecule has 2 N–H and O–H groups in total. The Balaban J connectivity index is 1.68. The fraction of sp³-hybridized carbons (Fsp3) is 1.00. The monoisotopic (exact) mass is 309 g/mol. The maximum atomic E-state index is 5.92. The normalized spacial score (nSPS) is 28.4. The van der Waals surface area contributed by atoms with Gasteiger partial charge in [0, 0.05) is 0 Å². The van der Waals surface area contributed by atoms with Gasteiger partial charge < -0.3 is 0 Å². The summed E-state index contributed by atoms with van der Waals surface area (Å²) < 4.78 is 3.86. The molecule has 2 nitrogen and oxygen atoms in total. The van der Waals surface area contributed by atoms with Crippen LogP contribution in [0, 0.1) is 0 Å². The van der Waals surface area contributed by atoms with E-state index in [0.29, 0.717) is 27.5 Å². The molecule has 1 aliphatic carbocycles. The van der Waals surface area contributed by atoms with Gasteiger partial charge in [0.15, 0.2) is 0 Å². The Morgan fingerprint density at radius 3 is 2.21 bits per heavy atom. The quantitative estimate of drug-likeness (QED) is 0.392. The summed E-state index contributed by atoms with van der Waals surface area (Å²) in [6.45, 7) is 2.59. The number of hydrogen-bond donors (Lipinski definition) is 1. The van der Waals surface area contributed by atoms with Crippen molar-refractivity contribution in [2.45, 2.75) is 54.9 Å². The summed E-state index contributed by atoms with van der Waals surface area (Å²) in [6.07, 6.45) is 10.0. The third kappa shape index (κ3) is 3.35. The van der Waals surface area contributed by atoms with E-state index < -0.39 is 0 Å². The van der Waals surface area contributed by atoms with Crippen LogP contribution < -0.4 is 27.2 Å². The van der Waals surface area contributed by atoms with Gasteiger partial charge in [-0.15, -0.1) is 0 Å². The Bertz CT molecular complexity index is 161. The molecule has 0 aromatic carbocycles. The van der Waals surface area contributed by atoms with Crippen LogP contribution in [0.15, 0.2) is 0 Å². The second kappa shape index (κ2) is 5.66. The van der Waals surface area contributed by atoms with Crippen molar-refractivity contribution in [1.29, 1.82) is 0 Å². The van der Waals surface area contributed by atoms with E-state index in [-0.39, 0.29) is 0 Å². The molecule has 0 aromatic rings. The summed E-state index contributed by atoms with van der Waals surface area (Å²) in [6, 6.07) is 0.501. The summed E-state index contributed by atoms with van der Waals surface area (Å²) >= 11 is 0.341. The molecule has 0 aromatic heterocycles. The van der Waals surface area contributed by atoms with Gasteiger partial charge in [0.25, 0.3) is 0 Å². The molecule has 0 amide bonds. The molecule has 2 fully saturated rings. The molecule has 1 saturated carbocycles. The molecule has 0 bridgehead atoms. The maximum absolute atomic E-state index is 5.92. The first kappa shape index (κ1) is 11.1.